The first kappa shape index (κ1) is 17.6. The van der Waals surface area contributed by atoms with Gasteiger partial charge in [-0.15, -0.1) is 0 Å². The van der Waals surface area contributed by atoms with Crippen LogP contribution in [0, 0.1) is 5.92 Å². The van der Waals surface area contributed by atoms with Gasteiger partial charge in [-0.2, -0.15) is 0 Å². The maximum Gasteiger partial charge on any atom is 0.309 e. The number of hydrogen-bond acceptors (Lipinski definition) is 4. The Bertz CT molecular complexity index is 603. The number of benzene rings is 1. The summed E-state index contributed by atoms with van der Waals surface area (Å²) in [6.45, 7) is 1.67. The molecule has 1 aromatic carbocycles. The molecular weight excluding hydrogens is 414 g/mol. The number of carbonyl (C=O) groups excluding carboxylic acids is 1. The summed E-state index contributed by atoms with van der Waals surface area (Å²) >= 11 is 6.50. The number of nitrogens with zero attached hydrogens (tertiary/aromatic N) is 1. The standard InChI is InChI=1S/C12H15Br2NO4S/c1-8(12(16)19-3)7-15(2)20(17,18)11-5-4-9(13)6-10(11)14/h4-6,8H,7H2,1-3H3. The summed E-state index contributed by atoms with van der Waals surface area (Å²) in [5, 5.41) is 0. The molecule has 0 aliphatic carbocycles. The third-order valence-corrected chi connectivity index (χ3v) is 6.01. The van der Waals surface area contributed by atoms with Crippen molar-refractivity contribution in [1.82, 2.24) is 4.31 Å². The first-order chi connectivity index (χ1) is 9.20. The van der Waals surface area contributed by atoms with Gasteiger partial charge in [0.2, 0.25) is 10.0 Å². The molecule has 0 N–H and O–H groups in total. The van der Waals surface area contributed by atoms with Crippen molar-refractivity contribution in [3.05, 3.63) is 27.1 Å². The van der Waals surface area contributed by atoms with Crippen LogP contribution in [0.5, 0.6) is 0 Å². The minimum absolute atomic E-state index is 0.0531. The molecule has 8 heteroatoms. The van der Waals surface area contributed by atoms with E-state index in [-0.39, 0.29) is 11.4 Å². The Morgan fingerprint density at radius 1 is 1.40 bits per heavy atom. The van der Waals surface area contributed by atoms with Crippen LogP contribution in [0.15, 0.2) is 32.0 Å². The van der Waals surface area contributed by atoms with E-state index in [1.807, 2.05) is 0 Å². The zero-order valence-electron chi connectivity index (χ0n) is 11.3. The van der Waals surface area contributed by atoms with Crippen LogP contribution < -0.4 is 0 Å². The van der Waals surface area contributed by atoms with E-state index in [0.717, 1.165) is 8.78 Å². The highest BCUT2D eigenvalue weighted by molar-refractivity contribution is 9.11. The lowest BCUT2D eigenvalue weighted by molar-refractivity contribution is -0.144. The van der Waals surface area contributed by atoms with Gasteiger partial charge >= 0.3 is 5.97 Å². The molecule has 0 aliphatic heterocycles. The van der Waals surface area contributed by atoms with Crippen LogP contribution in [0.4, 0.5) is 0 Å². The quantitative estimate of drug-likeness (QED) is 0.676. The number of ether oxygens (including phenoxy) is 1. The van der Waals surface area contributed by atoms with Crippen molar-refractivity contribution in [1.29, 1.82) is 0 Å². The average molecular weight is 429 g/mol. The van der Waals surface area contributed by atoms with Crippen LogP contribution in [-0.2, 0) is 19.6 Å². The van der Waals surface area contributed by atoms with Gasteiger partial charge in [-0.25, -0.2) is 12.7 Å². The number of methoxy groups -OCH3 is 1. The fraction of sp³-hybridized carbons (Fsp3) is 0.417. The molecule has 0 bridgehead atoms. The van der Waals surface area contributed by atoms with Crippen molar-refractivity contribution in [3.8, 4) is 0 Å². The van der Waals surface area contributed by atoms with Crippen molar-refractivity contribution in [2.45, 2.75) is 11.8 Å². The Labute approximate surface area is 135 Å². The Hall–Kier alpha value is -0.440. The van der Waals surface area contributed by atoms with Gasteiger partial charge in [0, 0.05) is 22.5 Å². The van der Waals surface area contributed by atoms with Crippen molar-refractivity contribution in [3.63, 3.8) is 0 Å². The third-order valence-electron chi connectivity index (χ3n) is 2.72. The summed E-state index contributed by atoms with van der Waals surface area (Å²) in [5.74, 6) is -0.976. The first-order valence-electron chi connectivity index (χ1n) is 5.69. The predicted octanol–water partition coefficient (Wildman–Crippen LogP) is 2.64. The van der Waals surface area contributed by atoms with Crippen LogP contribution >= 0.6 is 31.9 Å². The van der Waals surface area contributed by atoms with Gasteiger partial charge < -0.3 is 4.74 Å². The van der Waals surface area contributed by atoms with Gasteiger partial charge in [0.25, 0.3) is 0 Å². The highest BCUT2D eigenvalue weighted by atomic mass is 79.9. The number of rotatable bonds is 5. The first-order valence-corrected chi connectivity index (χ1v) is 8.72. The molecule has 0 aliphatic rings. The monoisotopic (exact) mass is 427 g/mol. The van der Waals surface area contributed by atoms with E-state index in [9.17, 15) is 13.2 Å². The van der Waals surface area contributed by atoms with Crippen LogP contribution in [0.1, 0.15) is 6.92 Å². The lowest BCUT2D eigenvalue weighted by atomic mass is 10.2. The molecular formula is C12H15Br2NO4S. The molecule has 0 saturated carbocycles. The SMILES string of the molecule is COC(=O)C(C)CN(C)S(=O)(=O)c1ccc(Br)cc1Br. The second kappa shape index (κ2) is 7.02. The molecule has 0 heterocycles. The number of carbonyl (C=O) groups is 1. The molecule has 0 aromatic heterocycles. The normalized spacial score (nSPS) is 13.3. The Morgan fingerprint density at radius 2 is 2.00 bits per heavy atom. The molecule has 1 unspecified atom stereocenters. The highest BCUT2D eigenvalue weighted by Crippen LogP contribution is 2.28. The molecule has 0 spiro atoms. The summed E-state index contributed by atoms with van der Waals surface area (Å²) < 4.78 is 31.8. The summed E-state index contributed by atoms with van der Waals surface area (Å²) in [7, 11) is -0.955. The summed E-state index contributed by atoms with van der Waals surface area (Å²) in [5.41, 5.74) is 0. The van der Waals surface area contributed by atoms with E-state index in [0.29, 0.717) is 4.47 Å². The van der Waals surface area contributed by atoms with Crippen LogP contribution in [0.3, 0.4) is 0 Å². The molecule has 1 rings (SSSR count). The minimum Gasteiger partial charge on any atom is -0.469 e. The lowest BCUT2D eigenvalue weighted by Crippen LogP contribution is -2.34. The Kier molecular flexibility index (Phi) is 6.18. The highest BCUT2D eigenvalue weighted by Gasteiger charge is 2.27. The third kappa shape index (κ3) is 4.03. The number of esters is 1. The van der Waals surface area contributed by atoms with Gasteiger partial charge in [-0.1, -0.05) is 22.9 Å². The molecule has 1 atom stereocenters. The largest absolute Gasteiger partial charge is 0.469 e. The molecule has 0 fully saturated rings. The van der Waals surface area contributed by atoms with E-state index >= 15 is 0 Å². The average Bonchev–Trinajstić information content (AvgIpc) is 2.36. The van der Waals surface area contributed by atoms with Gasteiger partial charge in [-0.05, 0) is 34.1 Å². The van der Waals surface area contributed by atoms with Crippen molar-refractivity contribution >= 4 is 47.9 Å². The van der Waals surface area contributed by atoms with Crippen molar-refractivity contribution in [2.75, 3.05) is 20.7 Å². The van der Waals surface area contributed by atoms with E-state index in [2.05, 4.69) is 36.6 Å². The minimum atomic E-state index is -3.67. The summed E-state index contributed by atoms with van der Waals surface area (Å²) in [4.78, 5) is 11.5. The van der Waals surface area contributed by atoms with E-state index in [4.69, 9.17) is 0 Å². The molecule has 0 amide bonds. The predicted molar refractivity (Wildman–Crippen MR) is 82.8 cm³/mol. The second-order valence-corrected chi connectivity index (χ2v) is 8.07. The maximum atomic E-state index is 12.4. The number of sulfonamides is 1. The molecule has 0 radical (unpaired) electrons. The smallest absolute Gasteiger partial charge is 0.309 e. The van der Waals surface area contributed by atoms with Crippen LogP contribution in [0.2, 0.25) is 0 Å². The maximum absolute atomic E-state index is 12.4. The summed E-state index contributed by atoms with van der Waals surface area (Å²) in [6, 6.07) is 4.81. The van der Waals surface area contributed by atoms with E-state index in [1.165, 1.54) is 20.2 Å². The van der Waals surface area contributed by atoms with E-state index < -0.39 is 21.9 Å². The number of halogens is 2. The zero-order valence-corrected chi connectivity index (χ0v) is 15.2. The summed E-state index contributed by atoms with van der Waals surface area (Å²) in [6.07, 6.45) is 0. The van der Waals surface area contributed by atoms with Gasteiger partial charge in [0.15, 0.2) is 0 Å². The second-order valence-electron chi connectivity index (χ2n) is 4.28. The van der Waals surface area contributed by atoms with Crippen LogP contribution in [-0.4, -0.2) is 39.4 Å². The van der Waals surface area contributed by atoms with Gasteiger partial charge in [0.05, 0.1) is 17.9 Å². The fourth-order valence-corrected chi connectivity index (χ4v) is 4.57. The molecule has 5 nitrogen and oxygen atoms in total. The fourth-order valence-electron chi connectivity index (χ4n) is 1.61. The lowest BCUT2D eigenvalue weighted by Gasteiger charge is -2.20. The van der Waals surface area contributed by atoms with E-state index in [1.54, 1.807) is 19.1 Å². The zero-order chi connectivity index (χ0) is 15.5. The molecule has 1 aromatic rings. The molecule has 20 heavy (non-hydrogen) atoms. The molecule has 0 saturated heterocycles. The Morgan fingerprint density at radius 3 is 2.50 bits per heavy atom. The Balaban J connectivity index is 3.01. The van der Waals surface area contributed by atoms with Gasteiger partial charge in [0.1, 0.15) is 0 Å². The van der Waals surface area contributed by atoms with Crippen LogP contribution in [0.25, 0.3) is 0 Å². The van der Waals surface area contributed by atoms with Crippen molar-refractivity contribution in [2.24, 2.45) is 5.92 Å². The molecule has 112 valence electrons. The number of hydrogen-bond donors (Lipinski definition) is 0. The van der Waals surface area contributed by atoms with Gasteiger partial charge in [-0.3, -0.25) is 4.79 Å². The topological polar surface area (TPSA) is 63.7 Å². The van der Waals surface area contributed by atoms with Crippen molar-refractivity contribution < 1.29 is 17.9 Å².